The Morgan fingerprint density at radius 1 is 0.426 bits per heavy atom. The van der Waals surface area contributed by atoms with Gasteiger partial charge in [0.1, 0.15) is 18.3 Å². The first kappa shape index (κ1) is 34.9. The zero-order valence-electron chi connectivity index (χ0n) is 27.4. The fourth-order valence-electron chi connectivity index (χ4n) is 5.74. The van der Waals surface area contributed by atoms with Crippen molar-refractivity contribution in [3.8, 4) is 0 Å². The molecule has 0 aromatic heterocycles. The number of rotatable bonds is 20. The minimum atomic E-state index is -0.455. The number of hydrogen-bond donors (Lipinski definition) is 0. The van der Waals surface area contributed by atoms with Crippen molar-refractivity contribution in [2.45, 2.75) is 69.8 Å². The molecular formula is C40H48O7. The monoisotopic (exact) mass is 640 g/mol. The Balaban J connectivity index is 1.40. The van der Waals surface area contributed by atoms with Gasteiger partial charge in [0.2, 0.25) is 0 Å². The van der Waals surface area contributed by atoms with E-state index >= 15 is 0 Å². The van der Waals surface area contributed by atoms with Gasteiger partial charge in [-0.1, -0.05) is 121 Å². The summed E-state index contributed by atoms with van der Waals surface area (Å²) in [6.07, 6.45) is -0.496. The average Bonchev–Trinajstić information content (AvgIpc) is 3.13. The topological polar surface area (TPSA) is 64.6 Å². The van der Waals surface area contributed by atoms with Gasteiger partial charge in [0.05, 0.1) is 51.8 Å². The molecule has 0 bridgehead atoms. The fraction of sp³-hybridized carbons (Fsp3) is 0.400. The largest absolute Gasteiger partial charge is 0.382 e. The summed E-state index contributed by atoms with van der Waals surface area (Å²) in [5.41, 5.74) is 4.37. The van der Waals surface area contributed by atoms with Crippen LogP contribution in [-0.2, 0) is 59.6 Å². The normalized spacial score (nSPS) is 21.1. The van der Waals surface area contributed by atoms with Crippen LogP contribution in [0.1, 0.15) is 35.1 Å². The second-order valence-corrected chi connectivity index (χ2v) is 11.7. The zero-order chi connectivity index (χ0) is 32.4. The Morgan fingerprint density at radius 3 is 1.28 bits per heavy atom. The van der Waals surface area contributed by atoms with Gasteiger partial charge in [-0.2, -0.15) is 0 Å². The van der Waals surface area contributed by atoms with Crippen molar-refractivity contribution in [2.75, 3.05) is 33.5 Å². The molecule has 4 aromatic carbocycles. The Morgan fingerprint density at radius 2 is 0.830 bits per heavy atom. The highest BCUT2D eigenvalue weighted by Crippen LogP contribution is 2.34. The molecule has 5 atom stereocenters. The lowest BCUT2D eigenvalue weighted by Gasteiger charge is -2.46. The van der Waals surface area contributed by atoms with Crippen LogP contribution in [0.3, 0.4) is 0 Å². The summed E-state index contributed by atoms with van der Waals surface area (Å²) < 4.78 is 44.4. The summed E-state index contributed by atoms with van der Waals surface area (Å²) in [6.45, 7) is 3.95. The van der Waals surface area contributed by atoms with Crippen LogP contribution in [-0.4, -0.2) is 64.1 Å². The van der Waals surface area contributed by atoms with Gasteiger partial charge in [-0.05, 0) is 28.7 Å². The summed E-state index contributed by atoms with van der Waals surface area (Å²) in [7, 11) is 1.67. The van der Waals surface area contributed by atoms with E-state index in [0.717, 1.165) is 28.7 Å². The summed E-state index contributed by atoms with van der Waals surface area (Å²) >= 11 is 0. The Hall–Kier alpha value is -3.40. The van der Waals surface area contributed by atoms with Crippen LogP contribution in [0.25, 0.3) is 0 Å². The number of hydrogen-bond acceptors (Lipinski definition) is 7. The van der Waals surface area contributed by atoms with E-state index in [1.807, 2.05) is 72.8 Å². The minimum absolute atomic E-state index is 0.289. The average molecular weight is 641 g/mol. The lowest BCUT2D eigenvalue weighted by Crippen LogP contribution is -2.60. The van der Waals surface area contributed by atoms with Crippen molar-refractivity contribution in [1.29, 1.82) is 0 Å². The first-order valence-corrected chi connectivity index (χ1v) is 16.6. The van der Waals surface area contributed by atoms with E-state index < -0.39 is 18.3 Å². The third-order valence-electron chi connectivity index (χ3n) is 8.20. The molecule has 0 heterocycles. The molecule has 7 heteroatoms. The van der Waals surface area contributed by atoms with E-state index in [1.165, 1.54) is 0 Å². The zero-order valence-corrected chi connectivity index (χ0v) is 27.4. The smallest absolute Gasteiger partial charge is 0.115 e. The maximum Gasteiger partial charge on any atom is 0.115 e. The SMILES string of the molecule is COCCOCCCO[C@H]1[C@@H](OCc2ccccc2)[C@H](OCc2ccccc2)[C@@H](OCc2ccccc2)C[C@H]1OCc1ccccc1. The molecule has 0 spiro atoms. The maximum absolute atomic E-state index is 6.80. The first-order valence-electron chi connectivity index (χ1n) is 16.6. The lowest BCUT2D eigenvalue weighted by atomic mass is 9.86. The molecule has 0 amide bonds. The molecule has 47 heavy (non-hydrogen) atoms. The minimum Gasteiger partial charge on any atom is -0.382 e. The van der Waals surface area contributed by atoms with Crippen LogP contribution in [0.2, 0.25) is 0 Å². The van der Waals surface area contributed by atoms with Crippen molar-refractivity contribution in [2.24, 2.45) is 0 Å². The summed E-state index contributed by atoms with van der Waals surface area (Å²) in [6, 6.07) is 40.9. The molecule has 5 rings (SSSR count). The molecule has 1 fully saturated rings. The number of ether oxygens (including phenoxy) is 7. The van der Waals surface area contributed by atoms with Crippen LogP contribution in [0.5, 0.6) is 0 Å². The standard InChI is InChI=1S/C40H48O7/c1-41-25-26-42-23-14-24-43-38-36(44-28-32-15-6-2-7-16-32)27-37(45-29-33-17-8-3-9-18-33)39(46-30-34-19-10-4-11-20-34)40(38)47-31-35-21-12-5-13-22-35/h2-13,15-22,36-40H,14,23-31H2,1H3/t36-,37+,38-,39-,40-/m1/s1. The van der Waals surface area contributed by atoms with E-state index in [4.69, 9.17) is 33.2 Å². The van der Waals surface area contributed by atoms with Crippen LogP contribution >= 0.6 is 0 Å². The maximum atomic E-state index is 6.80. The molecule has 0 N–H and O–H groups in total. The van der Waals surface area contributed by atoms with Crippen LogP contribution in [0.15, 0.2) is 121 Å². The lowest BCUT2D eigenvalue weighted by molar-refractivity contribution is -0.248. The molecular weight excluding hydrogens is 592 g/mol. The van der Waals surface area contributed by atoms with Crippen molar-refractivity contribution in [3.05, 3.63) is 144 Å². The highest BCUT2D eigenvalue weighted by molar-refractivity contribution is 5.17. The van der Waals surface area contributed by atoms with Gasteiger partial charge in [0, 0.05) is 26.7 Å². The summed E-state index contributed by atoms with van der Waals surface area (Å²) in [5.74, 6) is 0. The van der Waals surface area contributed by atoms with Gasteiger partial charge in [-0.3, -0.25) is 0 Å². The molecule has 4 aromatic rings. The molecule has 0 aliphatic heterocycles. The highest BCUT2D eigenvalue weighted by atomic mass is 16.6. The van der Waals surface area contributed by atoms with Gasteiger partial charge in [-0.15, -0.1) is 0 Å². The van der Waals surface area contributed by atoms with E-state index in [0.29, 0.717) is 59.3 Å². The predicted octanol–water partition coefficient (Wildman–Crippen LogP) is 7.17. The van der Waals surface area contributed by atoms with Crippen LogP contribution in [0.4, 0.5) is 0 Å². The molecule has 0 unspecified atom stereocenters. The van der Waals surface area contributed by atoms with Crippen LogP contribution in [0, 0.1) is 0 Å². The molecule has 1 aliphatic carbocycles. The van der Waals surface area contributed by atoms with Gasteiger partial charge in [0.25, 0.3) is 0 Å². The van der Waals surface area contributed by atoms with E-state index in [2.05, 4.69) is 48.5 Å². The van der Waals surface area contributed by atoms with Gasteiger partial charge >= 0.3 is 0 Å². The van der Waals surface area contributed by atoms with E-state index in [9.17, 15) is 0 Å². The van der Waals surface area contributed by atoms with Crippen LogP contribution < -0.4 is 0 Å². The summed E-state index contributed by atoms with van der Waals surface area (Å²) in [4.78, 5) is 0. The van der Waals surface area contributed by atoms with Crippen molar-refractivity contribution < 1.29 is 33.2 Å². The van der Waals surface area contributed by atoms with Gasteiger partial charge in [-0.25, -0.2) is 0 Å². The van der Waals surface area contributed by atoms with Gasteiger partial charge in [0.15, 0.2) is 0 Å². The summed E-state index contributed by atoms with van der Waals surface area (Å²) in [5, 5.41) is 0. The molecule has 0 radical (unpaired) electrons. The quantitative estimate of drug-likeness (QED) is 0.0950. The third kappa shape index (κ3) is 11.7. The Labute approximate surface area is 279 Å². The number of benzene rings is 4. The van der Waals surface area contributed by atoms with E-state index in [-0.39, 0.29) is 12.2 Å². The van der Waals surface area contributed by atoms with Gasteiger partial charge < -0.3 is 33.2 Å². The molecule has 1 aliphatic rings. The molecule has 0 saturated heterocycles. The van der Waals surface area contributed by atoms with Crippen molar-refractivity contribution in [1.82, 2.24) is 0 Å². The van der Waals surface area contributed by atoms with Crippen molar-refractivity contribution in [3.63, 3.8) is 0 Å². The Kier molecular flexibility index (Phi) is 14.9. The molecule has 7 nitrogen and oxygen atoms in total. The second-order valence-electron chi connectivity index (χ2n) is 11.7. The number of methoxy groups -OCH3 is 1. The molecule has 250 valence electrons. The van der Waals surface area contributed by atoms with E-state index in [1.54, 1.807) is 7.11 Å². The third-order valence-corrected chi connectivity index (χ3v) is 8.20. The van der Waals surface area contributed by atoms with Crippen molar-refractivity contribution >= 4 is 0 Å². The fourth-order valence-corrected chi connectivity index (χ4v) is 5.74. The predicted molar refractivity (Wildman–Crippen MR) is 182 cm³/mol. The molecule has 1 saturated carbocycles. The first-order chi connectivity index (χ1) is 23.3. The Bertz CT molecular complexity index is 1360. The highest BCUT2D eigenvalue weighted by Gasteiger charge is 2.48. The second kappa shape index (κ2) is 20.1.